The molecule has 1 saturated heterocycles. The molecule has 7 heteroatoms. The minimum absolute atomic E-state index is 0.0123. The van der Waals surface area contributed by atoms with Crippen molar-refractivity contribution in [2.45, 2.75) is 24.4 Å². The number of nitrogens with zero attached hydrogens (tertiary/aromatic N) is 5. The molecule has 0 spiro atoms. The SMILES string of the molecule is C=CCN(C(=O)CSc1nnc(N2CCCCC2)n1-c1ccccc1)c1ccccc1. The van der Waals surface area contributed by atoms with Crippen LogP contribution in [0.15, 0.2) is 78.5 Å². The van der Waals surface area contributed by atoms with Gasteiger partial charge in [-0.15, -0.1) is 16.8 Å². The third-order valence-electron chi connectivity index (χ3n) is 5.27. The van der Waals surface area contributed by atoms with Gasteiger partial charge in [0.1, 0.15) is 0 Å². The van der Waals surface area contributed by atoms with Crippen LogP contribution >= 0.6 is 11.8 Å². The van der Waals surface area contributed by atoms with E-state index in [1.54, 1.807) is 11.0 Å². The zero-order valence-electron chi connectivity index (χ0n) is 17.6. The van der Waals surface area contributed by atoms with Crippen molar-refractivity contribution in [3.63, 3.8) is 0 Å². The fourth-order valence-electron chi connectivity index (χ4n) is 3.75. The first-order valence-corrected chi connectivity index (χ1v) is 11.6. The number of hydrogen-bond donors (Lipinski definition) is 0. The Morgan fingerprint density at radius 2 is 1.68 bits per heavy atom. The summed E-state index contributed by atoms with van der Waals surface area (Å²) in [5.41, 5.74) is 1.88. The number of aromatic nitrogens is 3. The van der Waals surface area contributed by atoms with Gasteiger partial charge in [-0.2, -0.15) is 0 Å². The Morgan fingerprint density at radius 1 is 1.00 bits per heavy atom. The van der Waals surface area contributed by atoms with Crippen LogP contribution in [0.1, 0.15) is 19.3 Å². The molecule has 0 N–H and O–H groups in total. The number of carbonyl (C=O) groups is 1. The largest absolute Gasteiger partial charge is 0.341 e. The van der Waals surface area contributed by atoms with E-state index in [2.05, 4.69) is 38.4 Å². The number of rotatable bonds is 8. The Labute approximate surface area is 187 Å². The van der Waals surface area contributed by atoms with E-state index in [9.17, 15) is 4.79 Å². The van der Waals surface area contributed by atoms with Crippen LogP contribution in [0.25, 0.3) is 5.69 Å². The standard InChI is InChI=1S/C24H27N5OS/c1-2-16-28(20-12-6-3-7-13-20)22(30)19-31-24-26-25-23(27-17-10-5-11-18-27)29(24)21-14-8-4-9-15-21/h2-4,6-9,12-15H,1,5,10-11,16-19H2. The summed E-state index contributed by atoms with van der Waals surface area (Å²) in [4.78, 5) is 17.1. The van der Waals surface area contributed by atoms with Crippen LogP contribution in [0.5, 0.6) is 0 Å². The maximum Gasteiger partial charge on any atom is 0.237 e. The number of piperidine rings is 1. The number of amides is 1. The second-order valence-electron chi connectivity index (χ2n) is 7.42. The van der Waals surface area contributed by atoms with Crippen molar-refractivity contribution in [2.24, 2.45) is 0 Å². The van der Waals surface area contributed by atoms with Gasteiger partial charge in [-0.05, 0) is 43.5 Å². The number of hydrogen-bond acceptors (Lipinski definition) is 5. The molecule has 4 rings (SSSR count). The van der Waals surface area contributed by atoms with Crippen LogP contribution in [-0.4, -0.2) is 46.1 Å². The molecule has 1 aliphatic heterocycles. The second-order valence-corrected chi connectivity index (χ2v) is 8.36. The summed E-state index contributed by atoms with van der Waals surface area (Å²) < 4.78 is 2.07. The van der Waals surface area contributed by atoms with Gasteiger partial charge in [0, 0.05) is 25.3 Å². The minimum atomic E-state index is 0.0123. The van der Waals surface area contributed by atoms with Gasteiger partial charge in [0.2, 0.25) is 11.9 Å². The number of benzene rings is 2. The highest BCUT2D eigenvalue weighted by Crippen LogP contribution is 2.28. The van der Waals surface area contributed by atoms with Crippen LogP contribution in [0, 0.1) is 0 Å². The summed E-state index contributed by atoms with van der Waals surface area (Å²) in [6, 6.07) is 19.8. The lowest BCUT2D eigenvalue weighted by atomic mass is 10.1. The highest BCUT2D eigenvalue weighted by atomic mass is 32.2. The third kappa shape index (κ3) is 4.99. The predicted molar refractivity (Wildman–Crippen MR) is 127 cm³/mol. The zero-order valence-corrected chi connectivity index (χ0v) is 18.4. The van der Waals surface area contributed by atoms with Crippen molar-refractivity contribution in [3.05, 3.63) is 73.3 Å². The van der Waals surface area contributed by atoms with Crippen molar-refractivity contribution in [1.29, 1.82) is 0 Å². The van der Waals surface area contributed by atoms with E-state index in [0.717, 1.165) is 48.4 Å². The van der Waals surface area contributed by atoms with Crippen molar-refractivity contribution < 1.29 is 4.79 Å². The molecule has 1 fully saturated rings. The fourth-order valence-corrected chi connectivity index (χ4v) is 4.57. The van der Waals surface area contributed by atoms with Crippen LogP contribution in [0.3, 0.4) is 0 Å². The summed E-state index contributed by atoms with van der Waals surface area (Å²) in [6.07, 6.45) is 5.33. The molecular formula is C24H27N5OS. The predicted octanol–water partition coefficient (Wildman–Crippen LogP) is 4.57. The summed E-state index contributed by atoms with van der Waals surface area (Å²) in [7, 11) is 0. The molecule has 2 heterocycles. The second kappa shape index (κ2) is 10.3. The molecule has 3 aromatic rings. The van der Waals surface area contributed by atoms with Crippen LogP contribution in [0.2, 0.25) is 0 Å². The van der Waals surface area contributed by atoms with Gasteiger partial charge in [-0.1, -0.05) is 54.2 Å². The van der Waals surface area contributed by atoms with Gasteiger partial charge in [0.05, 0.1) is 11.4 Å². The van der Waals surface area contributed by atoms with E-state index in [1.165, 1.54) is 18.2 Å². The monoisotopic (exact) mass is 433 g/mol. The van der Waals surface area contributed by atoms with Gasteiger partial charge >= 0.3 is 0 Å². The Balaban J connectivity index is 1.57. The number of carbonyl (C=O) groups excluding carboxylic acids is 1. The minimum Gasteiger partial charge on any atom is -0.341 e. The molecular weight excluding hydrogens is 406 g/mol. The van der Waals surface area contributed by atoms with E-state index in [1.807, 2.05) is 48.5 Å². The van der Waals surface area contributed by atoms with E-state index >= 15 is 0 Å². The Bertz CT molecular complexity index is 999. The summed E-state index contributed by atoms with van der Waals surface area (Å²) in [6.45, 7) is 6.23. The van der Waals surface area contributed by atoms with E-state index in [-0.39, 0.29) is 11.7 Å². The number of anilines is 2. The molecule has 0 saturated carbocycles. The van der Waals surface area contributed by atoms with Crippen LogP contribution < -0.4 is 9.80 Å². The van der Waals surface area contributed by atoms with Gasteiger partial charge in [-0.25, -0.2) is 0 Å². The molecule has 1 aromatic heterocycles. The normalized spacial score (nSPS) is 13.7. The van der Waals surface area contributed by atoms with E-state index < -0.39 is 0 Å². The summed E-state index contributed by atoms with van der Waals surface area (Å²) in [5.74, 6) is 1.14. The lowest BCUT2D eigenvalue weighted by Gasteiger charge is -2.27. The quantitative estimate of drug-likeness (QED) is 0.385. The summed E-state index contributed by atoms with van der Waals surface area (Å²) in [5, 5.41) is 9.70. The molecule has 0 unspecified atom stereocenters. The average molecular weight is 434 g/mol. The van der Waals surface area contributed by atoms with Crippen molar-refractivity contribution in [3.8, 4) is 5.69 Å². The Hall–Kier alpha value is -3.06. The first kappa shape index (κ1) is 21.2. The molecule has 0 aliphatic carbocycles. The fraction of sp³-hybridized carbons (Fsp3) is 0.292. The smallest absolute Gasteiger partial charge is 0.237 e. The first-order chi connectivity index (χ1) is 15.3. The summed E-state index contributed by atoms with van der Waals surface area (Å²) >= 11 is 1.42. The Kier molecular flexibility index (Phi) is 7.04. The molecule has 2 aromatic carbocycles. The number of thioether (sulfide) groups is 1. The molecule has 1 aliphatic rings. The molecule has 0 bridgehead atoms. The van der Waals surface area contributed by atoms with Gasteiger partial charge in [0.25, 0.3) is 0 Å². The van der Waals surface area contributed by atoms with Gasteiger partial charge in [-0.3, -0.25) is 9.36 Å². The lowest BCUT2D eigenvalue weighted by Crippen LogP contribution is -2.32. The molecule has 0 radical (unpaired) electrons. The van der Waals surface area contributed by atoms with Gasteiger partial charge < -0.3 is 9.80 Å². The van der Waals surface area contributed by atoms with Crippen molar-refractivity contribution >= 4 is 29.3 Å². The average Bonchev–Trinajstić information content (AvgIpc) is 3.26. The number of para-hydroxylation sites is 2. The van der Waals surface area contributed by atoms with Crippen molar-refractivity contribution in [2.75, 3.05) is 35.2 Å². The first-order valence-electron chi connectivity index (χ1n) is 10.6. The van der Waals surface area contributed by atoms with E-state index in [0.29, 0.717) is 6.54 Å². The molecule has 1 amide bonds. The molecule has 160 valence electrons. The highest BCUT2D eigenvalue weighted by Gasteiger charge is 2.23. The van der Waals surface area contributed by atoms with Crippen molar-refractivity contribution in [1.82, 2.24) is 14.8 Å². The third-order valence-corrected chi connectivity index (χ3v) is 6.19. The molecule has 6 nitrogen and oxygen atoms in total. The maximum atomic E-state index is 13.1. The van der Waals surface area contributed by atoms with Gasteiger partial charge in [0.15, 0.2) is 5.16 Å². The van der Waals surface area contributed by atoms with Crippen LogP contribution in [-0.2, 0) is 4.79 Å². The lowest BCUT2D eigenvalue weighted by molar-refractivity contribution is -0.116. The Morgan fingerprint density at radius 3 is 2.35 bits per heavy atom. The van der Waals surface area contributed by atoms with Crippen LogP contribution in [0.4, 0.5) is 11.6 Å². The maximum absolute atomic E-state index is 13.1. The highest BCUT2D eigenvalue weighted by molar-refractivity contribution is 7.99. The van der Waals surface area contributed by atoms with E-state index in [4.69, 9.17) is 0 Å². The molecule has 0 atom stereocenters. The topological polar surface area (TPSA) is 54.3 Å². The zero-order chi connectivity index (χ0) is 21.5. The molecule has 31 heavy (non-hydrogen) atoms.